The Morgan fingerprint density at radius 2 is 1.88 bits per heavy atom. The lowest BCUT2D eigenvalue weighted by Crippen LogP contribution is -2.26. The molecule has 2 heterocycles. The Morgan fingerprint density at radius 3 is 2.65 bits per heavy atom. The molecule has 3 rings (SSSR count). The second kappa shape index (κ2) is 8.87. The van der Waals surface area contributed by atoms with Crippen LogP contribution in [-0.2, 0) is 17.8 Å². The minimum absolute atomic E-state index is 0.0413. The first-order valence-corrected chi connectivity index (χ1v) is 8.95. The number of thiazole rings is 1. The Bertz CT molecular complexity index is 866. The number of rotatable bonds is 7. The number of aromatic nitrogens is 2. The molecule has 6 nitrogen and oxygen atoms in total. The van der Waals surface area contributed by atoms with E-state index < -0.39 is 5.97 Å². The summed E-state index contributed by atoms with van der Waals surface area (Å²) >= 11 is 1.28. The predicted octanol–water partition coefficient (Wildman–Crippen LogP) is 2.87. The fourth-order valence-electron chi connectivity index (χ4n) is 2.21. The number of esters is 1. The molecular weight excluding hydrogens is 350 g/mol. The molecule has 26 heavy (non-hydrogen) atoms. The van der Waals surface area contributed by atoms with E-state index in [0.29, 0.717) is 29.2 Å². The van der Waals surface area contributed by atoms with Gasteiger partial charge < -0.3 is 10.1 Å². The maximum Gasteiger partial charge on any atom is 0.338 e. The van der Waals surface area contributed by atoms with Gasteiger partial charge in [0.15, 0.2) is 0 Å². The van der Waals surface area contributed by atoms with E-state index in [2.05, 4.69) is 15.3 Å². The second-order valence-electron chi connectivity index (χ2n) is 5.40. The molecule has 0 saturated carbocycles. The van der Waals surface area contributed by atoms with E-state index in [1.165, 1.54) is 11.3 Å². The van der Waals surface area contributed by atoms with Gasteiger partial charge in [0, 0.05) is 30.2 Å². The number of nitrogens with one attached hydrogen (secondary N) is 1. The summed E-state index contributed by atoms with van der Waals surface area (Å²) in [4.78, 5) is 32.4. The van der Waals surface area contributed by atoms with Crippen LogP contribution in [0.15, 0.2) is 60.1 Å². The average Bonchev–Trinajstić information content (AvgIpc) is 3.17. The van der Waals surface area contributed by atoms with E-state index in [-0.39, 0.29) is 12.5 Å². The molecule has 132 valence electrons. The number of hydrogen-bond donors (Lipinski definition) is 1. The Hall–Kier alpha value is -3.06. The Kier molecular flexibility index (Phi) is 6.05. The van der Waals surface area contributed by atoms with Crippen LogP contribution < -0.4 is 5.32 Å². The summed E-state index contributed by atoms with van der Waals surface area (Å²) in [7, 11) is 0. The number of benzene rings is 1. The van der Waals surface area contributed by atoms with Crippen molar-refractivity contribution in [3.63, 3.8) is 0 Å². The number of carbonyl (C=O) groups is 2. The highest BCUT2D eigenvalue weighted by molar-refractivity contribution is 7.09. The maximum atomic E-state index is 12.1. The molecule has 0 aliphatic rings. The minimum Gasteiger partial charge on any atom is -0.455 e. The molecule has 0 bridgehead atoms. The number of nitrogens with zero attached hydrogens (tertiary/aromatic N) is 2. The summed E-state index contributed by atoms with van der Waals surface area (Å²) in [6.07, 6.45) is 2.37. The van der Waals surface area contributed by atoms with Crippen molar-refractivity contribution >= 4 is 23.2 Å². The zero-order valence-electron chi connectivity index (χ0n) is 13.9. The molecule has 1 N–H and O–H groups in total. The van der Waals surface area contributed by atoms with Gasteiger partial charge in [-0.15, -0.1) is 11.3 Å². The Morgan fingerprint density at radius 1 is 1.08 bits per heavy atom. The second-order valence-corrected chi connectivity index (χ2v) is 6.34. The van der Waals surface area contributed by atoms with Crippen molar-refractivity contribution in [3.8, 4) is 0 Å². The summed E-state index contributed by atoms with van der Waals surface area (Å²) in [6.45, 7) is 0.519. The number of amides is 1. The van der Waals surface area contributed by atoms with Gasteiger partial charge in [-0.05, 0) is 24.3 Å². The van der Waals surface area contributed by atoms with Gasteiger partial charge in [0.25, 0.3) is 5.91 Å². The molecule has 2 aromatic heterocycles. The molecule has 3 aromatic rings. The fraction of sp³-hybridized carbons (Fsp3) is 0.158. The van der Waals surface area contributed by atoms with Gasteiger partial charge in [-0.3, -0.25) is 9.78 Å². The van der Waals surface area contributed by atoms with Crippen LogP contribution in [0.25, 0.3) is 0 Å². The van der Waals surface area contributed by atoms with Crippen LogP contribution in [0.5, 0.6) is 0 Å². The molecule has 1 aromatic carbocycles. The summed E-state index contributed by atoms with van der Waals surface area (Å²) in [6, 6.07) is 14.4. The van der Waals surface area contributed by atoms with Crippen molar-refractivity contribution in [2.75, 3.05) is 6.54 Å². The van der Waals surface area contributed by atoms with Gasteiger partial charge in [0.1, 0.15) is 17.3 Å². The standard InChI is InChI=1S/C19H17N3O3S/c23-18(21-11-9-15-8-4-5-10-20-15)16-13-26-17(22-16)12-25-19(24)14-6-2-1-3-7-14/h1-8,10,13H,9,11-12H2,(H,21,23). The third kappa shape index (κ3) is 4.97. The molecule has 0 saturated heterocycles. The number of carbonyl (C=O) groups excluding carboxylic acids is 2. The van der Waals surface area contributed by atoms with E-state index in [9.17, 15) is 9.59 Å². The Balaban J connectivity index is 1.46. The average molecular weight is 367 g/mol. The highest BCUT2D eigenvalue weighted by atomic mass is 32.1. The van der Waals surface area contributed by atoms with E-state index in [1.807, 2.05) is 24.3 Å². The molecule has 7 heteroatoms. The summed E-state index contributed by atoms with van der Waals surface area (Å²) < 4.78 is 5.22. The van der Waals surface area contributed by atoms with Crippen LogP contribution in [0.2, 0.25) is 0 Å². The Labute approximate surface area is 154 Å². The normalized spacial score (nSPS) is 10.3. The monoisotopic (exact) mass is 367 g/mol. The van der Waals surface area contributed by atoms with Crippen molar-refractivity contribution in [2.45, 2.75) is 13.0 Å². The van der Waals surface area contributed by atoms with Gasteiger partial charge >= 0.3 is 5.97 Å². The first-order chi connectivity index (χ1) is 12.7. The van der Waals surface area contributed by atoms with Crippen molar-refractivity contribution in [2.24, 2.45) is 0 Å². The third-order valence-corrected chi connectivity index (χ3v) is 4.34. The quantitative estimate of drug-likeness (QED) is 0.650. The van der Waals surface area contributed by atoms with Crippen LogP contribution >= 0.6 is 11.3 Å². The van der Waals surface area contributed by atoms with Crippen LogP contribution in [0.1, 0.15) is 31.5 Å². The van der Waals surface area contributed by atoms with E-state index in [0.717, 1.165) is 5.69 Å². The van der Waals surface area contributed by atoms with Gasteiger partial charge in [0.05, 0.1) is 5.56 Å². The summed E-state index contributed by atoms with van der Waals surface area (Å²) in [5.41, 5.74) is 1.72. The van der Waals surface area contributed by atoms with Gasteiger partial charge in [-0.25, -0.2) is 9.78 Å². The number of ether oxygens (including phenoxy) is 1. The van der Waals surface area contributed by atoms with Crippen molar-refractivity contribution in [1.82, 2.24) is 15.3 Å². The lowest BCUT2D eigenvalue weighted by molar-refractivity contribution is 0.0472. The molecule has 0 fully saturated rings. The van der Waals surface area contributed by atoms with Gasteiger partial charge in [-0.2, -0.15) is 0 Å². The first kappa shape index (κ1) is 17.8. The molecule has 0 aliphatic carbocycles. The van der Waals surface area contributed by atoms with E-state index >= 15 is 0 Å². The predicted molar refractivity (Wildman–Crippen MR) is 97.9 cm³/mol. The fourth-order valence-corrected chi connectivity index (χ4v) is 2.89. The van der Waals surface area contributed by atoms with Crippen molar-refractivity contribution < 1.29 is 14.3 Å². The van der Waals surface area contributed by atoms with Crippen molar-refractivity contribution in [3.05, 3.63) is 82.1 Å². The van der Waals surface area contributed by atoms with Crippen LogP contribution in [0.3, 0.4) is 0 Å². The van der Waals surface area contributed by atoms with E-state index in [1.54, 1.807) is 35.8 Å². The smallest absolute Gasteiger partial charge is 0.338 e. The molecule has 0 spiro atoms. The highest BCUT2D eigenvalue weighted by Crippen LogP contribution is 2.12. The van der Waals surface area contributed by atoms with Gasteiger partial charge in [-0.1, -0.05) is 24.3 Å². The largest absolute Gasteiger partial charge is 0.455 e. The maximum absolute atomic E-state index is 12.1. The lowest BCUT2D eigenvalue weighted by Gasteiger charge is -2.03. The zero-order valence-corrected chi connectivity index (χ0v) is 14.7. The lowest BCUT2D eigenvalue weighted by atomic mass is 10.2. The van der Waals surface area contributed by atoms with E-state index in [4.69, 9.17) is 4.74 Å². The molecular formula is C19H17N3O3S. The minimum atomic E-state index is -0.415. The molecule has 0 radical (unpaired) electrons. The molecule has 1 amide bonds. The van der Waals surface area contributed by atoms with Crippen LogP contribution in [0, 0.1) is 0 Å². The van der Waals surface area contributed by atoms with Gasteiger partial charge in [0.2, 0.25) is 0 Å². The molecule has 0 aliphatic heterocycles. The SMILES string of the molecule is O=C(OCc1nc(C(=O)NCCc2ccccn2)cs1)c1ccccc1. The zero-order chi connectivity index (χ0) is 18.2. The first-order valence-electron chi connectivity index (χ1n) is 8.07. The number of hydrogen-bond acceptors (Lipinski definition) is 6. The van der Waals surface area contributed by atoms with Crippen LogP contribution in [0.4, 0.5) is 0 Å². The molecule has 0 atom stereocenters. The number of pyridine rings is 1. The topological polar surface area (TPSA) is 81.2 Å². The highest BCUT2D eigenvalue weighted by Gasteiger charge is 2.12. The summed E-state index contributed by atoms with van der Waals surface area (Å²) in [5, 5.41) is 5.04. The summed E-state index contributed by atoms with van der Waals surface area (Å²) in [5.74, 6) is -0.667. The van der Waals surface area contributed by atoms with Crippen molar-refractivity contribution in [1.29, 1.82) is 0 Å². The molecule has 0 unspecified atom stereocenters. The third-order valence-electron chi connectivity index (χ3n) is 3.51. The van der Waals surface area contributed by atoms with Crippen LogP contribution in [-0.4, -0.2) is 28.4 Å².